The van der Waals surface area contributed by atoms with Gasteiger partial charge < -0.3 is 10.1 Å². The molecule has 1 aromatic heterocycles. The molecule has 1 heterocycles. The van der Waals surface area contributed by atoms with Crippen molar-refractivity contribution in [2.45, 2.75) is 0 Å². The quantitative estimate of drug-likeness (QED) is 0.534. The van der Waals surface area contributed by atoms with E-state index in [4.69, 9.17) is 4.74 Å². The summed E-state index contributed by atoms with van der Waals surface area (Å²) in [5.41, 5.74) is 4.67. The van der Waals surface area contributed by atoms with Gasteiger partial charge in [0.1, 0.15) is 12.1 Å². The van der Waals surface area contributed by atoms with Crippen molar-refractivity contribution in [1.82, 2.24) is 15.4 Å². The highest BCUT2D eigenvalue weighted by molar-refractivity contribution is 5.97. The van der Waals surface area contributed by atoms with E-state index in [0.717, 1.165) is 6.33 Å². The summed E-state index contributed by atoms with van der Waals surface area (Å²) < 4.78 is 5.08. The summed E-state index contributed by atoms with van der Waals surface area (Å²) in [6.45, 7) is 0. The van der Waals surface area contributed by atoms with Crippen LogP contribution in [-0.2, 0) is 0 Å². The fourth-order valence-electron chi connectivity index (χ4n) is 1.84. The second-order valence-electron chi connectivity index (χ2n) is 4.21. The Morgan fingerprint density at radius 2 is 1.96 bits per heavy atom. The third-order valence-corrected chi connectivity index (χ3v) is 2.89. The molecule has 3 N–H and O–H groups in total. The van der Waals surface area contributed by atoms with Crippen LogP contribution in [0, 0.1) is 10.1 Å². The molecule has 2 rings (SSSR count). The highest BCUT2D eigenvalue weighted by Crippen LogP contribution is 2.27. The van der Waals surface area contributed by atoms with E-state index in [0.29, 0.717) is 5.75 Å². The van der Waals surface area contributed by atoms with Crippen LogP contribution in [0.15, 0.2) is 30.6 Å². The number of rotatable bonds is 6. The average molecular weight is 318 g/mol. The molecule has 0 bridgehead atoms. The van der Waals surface area contributed by atoms with Crippen molar-refractivity contribution in [3.05, 3.63) is 46.3 Å². The molecular weight excluding hydrogens is 304 g/mol. The van der Waals surface area contributed by atoms with E-state index in [9.17, 15) is 14.9 Å². The van der Waals surface area contributed by atoms with Crippen LogP contribution in [0.4, 0.5) is 17.3 Å². The Morgan fingerprint density at radius 3 is 2.61 bits per heavy atom. The molecule has 0 fully saturated rings. The average Bonchev–Trinajstić information content (AvgIpc) is 2.58. The van der Waals surface area contributed by atoms with Gasteiger partial charge in [-0.05, 0) is 12.1 Å². The van der Waals surface area contributed by atoms with E-state index in [2.05, 4.69) is 26.1 Å². The second-order valence-corrected chi connectivity index (χ2v) is 4.21. The van der Waals surface area contributed by atoms with Crippen molar-refractivity contribution < 1.29 is 14.5 Å². The zero-order valence-corrected chi connectivity index (χ0v) is 12.4. The lowest BCUT2D eigenvalue weighted by atomic mass is 10.2. The Kier molecular flexibility index (Phi) is 4.87. The van der Waals surface area contributed by atoms with E-state index in [1.807, 2.05) is 0 Å². The van der Waals surface area contributed by atoms with Crippen molar-refractivity contribution in [3.8, 4) is 5.75 Å². The second kappa shape index (κ2) is 7.02. The highest BCUT2D eigenvalue weighted by atomic mass is 16.6. The first kappa shape index (κ1) is 15.9. The summed E-state index contributed by atoms with van der Waals surface area (Å²) in [5.74, 6) is -0.266. The first-order chi connectivity index (χ1) is 11.1. The Labute approximate surface area is 131 Å². The number of nitro groups is 1. The number of carbonyl (C=O) groups is 1. The van der Waals surface area contributed by atoms with E-state index < -0.39 is 10.8 Å². The van der Waals surface area contributed by atoms with Gasteiger partial charge in [0.05, 0.1) is 17.6 Å². The molecule has 0 unspecified atom stereocenters. The Hall–Kier alpha value is -3.43. The van der Waals surface area contributed by atoms with Gasteiger partial charge in [-0.2, -0.15) is 0 Å². The van der Waals surface area contributed by atoms with Crippen LogP contribution in [0.3, 0.4) is 0 Å². The number of hydrogen-bond donors (Lipinski definition) is 3. The number of nitrogens with zero attached hydrogens (tertiary/aromatic N) is 3. The fraction of sp³-hybridized carbons (Fsp3) is 0.154. The molecule has 1 aromatic carbocycles. The molecule has 1 amide bonds. The summed E-state index contributed by atoms with van der Waals surface area (Å²) in [6.07, 6.45) is 1.14. The smallest absolute Gasteiger partial charge is 0.354 e. The third-order valence-electron chi connectivity index (χ3n) is 2.89. The van der Waals surface area contributed by atoms with E-state index in [1.165, 1.54) is 14.2 Å². The number of anilines is 2. The van der Waals surface area contributed by atoms with Crippen molar-refractivity contribution >= 4 is 23.2 Å². The van der Waals surface area contributed by atoms with Crippen LogP contribution in [0.5, 0.6) is 5.75 Å². The number of ether oxygens (including phenoxy) is 1. The number of para-hydroxylation sites is 1. The van der Waals surface area contributed by atoms with Crippen molar-refractivity contribution in [2.75, 3.05) is 24.9 Å². The summed E-state index contributed by atoms with van der Waals surface area (Å²) in [4.78, 5) is 30.2. The first-order valence-corrected chi connectivity index (χ1v) is 6.45. The van der Waals surface area contributed by atoms with E-state index in [1.54, 1.807) is 24.3 Å². The Balaban J connectivity index is 2.21. The predicted octanol–water partition coefficient (Wildman–Crippen LogP) is 1.19. The van der Waals surface area contributed by atoms with Crippen molar-refractivity contribution in [1.29, 1.82) is 0 Å². The molecule has 10 heteroatoms. The maximum absolute atomic E-state index is 12.2. The van der Waals surface area contributed by atoms with Crippen LogP contribution < -0.4 is 20.9 Å². The number of carbonyl (C=O) groups excluding carboxylic acids is 1. The van der Waals surface area contributed by atoms with Gasteiger partial charge in [-0.1, -0.05) is 12.1 Å². The van der Waals surface area contributed by atoms with Crippen LogP contribution in [-0.4, -0.2) is 35.0 Å². The van der Waals surface area contributed by atoms with Gasteiger partial charge in [0.25, 0.3) is 5.91 Å². The SMILES string of the molecule is CNc1ncnc(NNC(=O)c2ccccc2OC)c1[N+](=O)[O-]. The monoisotopic (exact) mass is 318 g/mol. The molecular formula is C13H14N6O4. The molecule has 10 nitrogen and oxygen atoms in total. The number of amides is 1. The lowest BCUT2D eigenvalue weighted by Gasteiger charge is -2.11. The van der Waals surface area contributed by atoms with Crippen LogP contribution in [0.1, 0.15) is 10.4 Å². The minimum absolute atomic E-state index is 0.0269. The Morgan fingerprint density at radius 1 is 1.26 bits per heavy atom. The summed E-state index contributed by atoms with van der Waals surface area (Å²) in [6, 6.07) is 6.58. The van der Waals surface area contributed by atoms with Crippen molar-refractivity contribution in [3.63, 3.8) is 0 Å². The summed E-state index contributed by atoms with van der Waals surface area (Å²) in [5, 5.41) is 13.7. The molecule has 0 spiro atoms. The minimum atomic E-state index is -0.649. The minimum Gasteiger partial charge on any atom is -0.496 e. The molecule has 0 atom stereocenters. The molecule has 0 saturated heterocycles. The molecule has 0 saturated carbocycles. The Bertz CT molecular complexity index is 736. The lowest BCUT2D eigenvalue weighted by molar-refractivity contribution is -0.383. The number of benzene rings is 1. The first-order valence-electron chi connectivity index (χ1n) is 6.45. The fourth-order valence-corrected chi connectivity index (χ4v) is 1.84. The zero-order valence-electron chi connectivity index (χ0n) is 12.4. The summed E-state index contributed by atoms with van der Waals surface area (Å²) >= 11 is 0. The lowest BCUT2D eigenvalue weighted by Crippen LogP contribution is -2.30. The molecule has 0 aliphatic rings. The molecule has 0 aliphatic heterocycles. The van der Waals surface area contributed by atoms with Gasteiger partial charge in [0, 0.05) is 7.05 Å². The summed E-state index contributed by atoms with van der Waals surface area (Å²) in [7, 11) is 2.93. The molecule has 2 aromatic rings. The van der Waals surface area contributed by atoms with Crippen LogP contribution in [0.25, 0.3) is 0 Å². The molecule has 120 valence electrons. The molecule has 0 aliphatic carbocycles. The van der Waals surface area contributed by atoms with Gasteiger partial charge in [-0.3, -0.25) is 25.8 Å². The van der Waals surface area contributed by atoms with Gasteiger partial charge in [0.15, 0.2) is 0 Å². The van der Waals surface area contributed by atoms with Crippen LogP contribution >= 0.6 is 0 Å². The number of nitrogens with one attached hydrogen (secondary N) is 3. The topological polar surface area (TPSA) is 131 Å². The van der Waals surface area contributed by atoms with Gasteiger partial charge in [0.2, 0.25) is 11.6 Å². The maximum Gasteiger partial charge on any atom is 0.354 e. The normalized spacial score (nSPS) is 9.83. The van der Waals surface area contributed by atoms with Gasteiger partial charge in [-0.15, -0.1) is 0 Å². The number of aromatic nitrogens is 2. The molecule has 23 heavy (non-hydrogen) atoms. The standard InChI is InChI=1S/C13H14N6O4/c1-14-11-10(19(21)22)12(16-7-15-11)17-18-13(20)8-5-3-4-6-9(8)23-2/h3-7H,1-2H3,(H,18,20)(H2,14,15,16,17). The van der Waals surface area contributed by atoms with Crippen molar-refractivity contribution in [2.24, 2.45) is 0 Å². The van der Waals surface area contributed by atoms with E-state index in [-0.39, 0.29) is 22.9 Å². The number of hydrazine groups is 1. The van der Waals surface area contributed by atoms with Gasteiger partial charge in [-0.25, -0.2) is 9.97 Å². The number of methoxy groups -OCH3 is 1. The number of hydrogen-bond acceptors (Lipinski definition) is 8. The van der Waals surface area contributed by atoms with Gasteiger partial charge >= 0.3 is 5.69 Å². The maximum atomic E-state index is 12.2. The molecule has 0 radical (unpaired) electrons. The highest BCUT2D eigenvalue weighted by Gasteiger charge is 2.23. The predicted molar refractivity (Wildman–Crippen MR) is 82.3 cm³/mol. The zero-order chi connectivity index (χ0) is 16.8. The van der Waals surface area contributed by atoms with Crippen LogP contribution in [0.2, 0.25) is 0 Å². The van der Waals surface area contributed by atoms with E-state index >= 15 is 0 Å². The third kappa shape index (κ3) is 3.43. The largest absolute Gasteiger partial charge is 0.496 e.